The molecular formula is C28H33F2N3O2. The van der Waals surface area contributed by atoms with Crippen molar-refractivity contribution in [2.45, 2.75) is 64.0 Å². The van der Waals surface area contributed by atoms with E-state index >= 15 is 0 Å². The summed E-state index contributed by atoms with van der Waals surface area (Å²) in [6, 6.07) is 8.38. The van der Waals surface area contributed by atoms with E-state index in [4.69, 9.17) is 4.74 Å². The molecule has 35 heavy (non-hydrogen) atoms. The van der Waals surface area contributed by atoms with Gasteiger partial charge in [0, 0.05) is 47.4 Å². The number of aromatic nitrogens is 1. The van der Waals surface area contributed by atoms with Gasteiger partial charge in [-0.15, -0.1) is 0 Å². The quantitative estimate of drug-likeness (QED) is 0.390. The summed E-state index contributed by atoms with van der Waals surface area (Å²) >= 11 is 0. The molecule has 1 fully saturated rings. The first kappa shape index (κ1) is 23.8. The van der Waals surface area contributed by atoms with Gasteiger partial charge in [0.1, 0.15) is 24.0 Å². The van der Waals surface area contributed by atoms with Gasteiger partial charge in [-0.25, -0.2) is 8.78 Å². The molecular weight excluding hydrogens is 448 g/mol. The number of ether oxygens (including phenoxy) is 1. The van der Waals surface area contributed by atoms with Crippen LogP contribution in [0.2, 0.25) is 0 Å². The van der Waals surface area contributed by atoms with Gasteiger partial charge in [0.2, 0.25) is 0 Å². The molecule has 186 valence electrons. The molecule has 7 heteroatoms. The highest BCUT2D eigenvalue weighted by Crippen LogP contribution is 2.34. The van der Waals surface area contributed by atoms with Gasteiger partial charge in [-0.1, -0.05) is 19.4 Å². The van der Waals surface area contributed by atoms with Crippen molar-refractivity contribution < 1.29 is 18.3 Å². The number of rotatable bonds is 9. The van der Waals surface area contributed by atoms with E-state index in [1.807, 2.05) is 25.1 Å². The molecule has 0 saturated heterocycles. The van der Waals surface area contributed by atoms with Gasteiger partial charge in [-0.05, 0) is 68.2 Å². The molecule has 0 radical (unpaired) electrons. The largest absolute Gasteiger partial charge is 0.492 e. The molecule has 1 aliphatic heterocycles. The summed E-state index contributed by atoms with van der Waals surface area (Å²) in [5.41, 5.74) is 2.94. The van der Waals surface area contributed by atoms with E-state index in [1.54, 1.807) is 6.20 Å². The zero-order valence-electron chi connectivity index (χ0n) is 20.1. The van der Waals surface area contributed by atoms with E-state index in [2.05, 4.69) is 15.6 Å². The Hall–Kier alpha value is -2.93. The van der Waals surface area contributed by atoms with Crippen molar-refractivity contribution in [2.75, 3.05) is 13.2 Å². The summed E-state index contributed by atoms with van der Waals surface area (Å²) in [4.78, 5) is 15.7. The van der Waals surface area contributed by atoms with Gasteiger partial charge in [-0.2, -0.15) is 0 Å². The molecule has 3 aromatic rings. The van der Waals surface area contributed by atoms with Gasteiger partial charge in [-0.3, -0.25) is 4.79 Å². The first-order chi connectivity index (χ1) is 17.0. The SMILES string of the molecule is CCCNC(=O)c1cccc2c1CC(NC(CCc1c[nH]c3c(F)cc(F)cc13)C1CCC1)CO2. The number of hydrogen-bond acceptors (Lipinski definition) is 3. The highest BCUT2D eigenvalue weighted by molar-refractivity contribution is 5.96. The zero-order chi connectivity index (χ0) is 24.4. The van der Waals surface area contributed by atoms with E-state index in [9.17, 15) is 13.6 Å². The topological polar surface area (TPSA) is 66.2 Å². The summed E-state index contributed by atoms with van der Waals surface area (Å²) in [5, 5.41) is 7.42. The Labute approximate surface area is 204 Å². The average molecular weight is 482 g/mol. The Morgan fingerprint density at radius 2 is 2.11 bits per heavy atom. The lowest BCUT2D eigenvalue weighted by molar-refractivity contribution is 0.0950. The smallest absolute Gasteiger partial charge is 0.251 e. The predicted molar refractivity (Wildman–Crippen MR) is 133 cm³/mol. The van der Waals surface area contributed by atoms with Gasteiger partial charge in [0.15, 0.2) is 0 Å². The number of H-pyrrole nitrogens is 1. The number of nitrogens with one attached hydrogen (secondary N) is 3. The number of carbonyl (C=O) groups excluding carboxylic acids is 1. The average Bonchev–Trinajstić information content (AvgIpc) is 3.22. The second-order valence-corrected chi connectivity index (χ2v) is 9.88. The summed E-state index contributed by atoms with van der Waals surface area (Å²) < 4.78 is 34.0. The Balaban J connectivity index is 1.29. The lowest BCUT2D eigenvalue weighted by Gasteiger charge is -2.38. The molecule has 1 amide bonds. The fraction of sp³-hybridized carbons (Fsp3) is 0.464. The van der Waals surface area contributed by atoms with E-state index in [0.29, 0.717) is 35.5 Å². The molecule has 3 N–H and O–H groups in total. The van der Waals surface area contributed by atoms with Crippen LogP contribution in [-0.2, 0) is 12.8 Å². The monoisotopic (exact) mass is 481 g/mol. The third-order valence-electron chi connectivity index (χ3n) is 7.49. The lowest BCUT2D eigenvalue weighted by Crippen LogP contribution is -2.49. The van der Waals surface area contributed by atoms with E-state index < -0.39 is 11.6 Å². The second-order valence-electron chi connectivity index (χ2n) is 9.88. The van der Waals surface area contributed by atoms with Crippen molar-refractivity contribution in [2.24, 2.45) is 5.92 Å². The molecule has 2 atom stereocenters. The van der Waals surface area contributed by atoms with Crippen LogP contribution in [0.25, 0.3) is 10.9 Å². The predicted octanol–water partition coefficient (Wildman–Crippen LogP) is 5.28. The molecule has 0 spiro atoms. The lowest BCUT2D eigenvalue weighted by atomic mass is 9.77. The number of carbonyl (C=O) groups is 1. The van der Waals surface area contributed by atoms with Crippen LogP contribution in [0.1, 0.15) is 60.5 Å². The van der Waals surface area contributed by atoms with Crippen LogP contribution < -0.4 is 15.4 Å². The Morgan fingerprint density at radius 1 is 1.26 bits per heavy atom. The first-order valence-electron chi connectivity index (χ1n) is 12.8. The van der Waals surface area contributed by atoms with Gasteiger partial charge in [0.05, 0.1) is 5.52 Å². The Morgan fingerprint density at radius 3 is 2.89 bits per heavy atom. The molecule has 2 unspecified atom stereocenters. The molecule has 5 nitrogen and oxygen atoms in total. The van der Waals surface area contributed by atoms with E-state index in [0.717, 1.165) is 48.6 Å². The molecule has 0 bridgehead atoms. The number of fused-ring (bicyclic) bond motifs is 2. The van der Waals surface area contributed by atoms with Crippen molar-refractivity contribution >= 4 is 16.8 Å². The highest BCUT2D eigenvalue weighted by atomic mass is 19.1. The van der Waals surface area contributed by atoms with Crippen molar-refractivity contribution in [1.29, 1.82) is 0 Å². The molecule has 2 aromatic carbocycles. The fourth-order valence-corrected chi connectivity index (χ4v) is 5.39. The van der Waals surface area contributed by atoms with E-state index in [1.165, 1.54) is 25.3 Å². The molecule has 2 heterocycles. The van der Waals surface area contributed by atoms with Crippen molar-refractivity contribution in [3.8, 4) is 5.75 Å². The van der Waals surface area contributed by atoms with Crippen LogP contribution in [0.4, 0.5) is 8.78 Å². The van der Waals surface area contributed by atoms with Crippen LogP contribution in [0.15, 0.2) is 36.5 Å². The van der Waals surface area contributed by atoms with Crippen molar-refractivity contribution in [3.05, 3.63) is 64.9 Å². The minimum Gasteiger partial charge on any atom is -0.492 e. The maximum absolute atomic E-state index is 14.1. The fourth-order valence-electron chi connectivity index (χ4n) is 5.39. The van der Waals surface area contributed by atoms with Crippen LogP contribution >= 0.6 is 0 Å². The van der Waals surface area contributed by atoms with Crippen LogP contribution in [0.3, 0.4) is 0 Å². The van der Waals surface area contributed by atoms with Gasteiger partial charge < -0.3 is 20.4 Å². The van der Waals surface area contributed by atoms with Crippen LogP contribution in [0.5, 0.6) is 5.75 Å². The second kappa shape index (κ2) is 10.4. The normalized spacial score (nSPS) is 18.5. The molecule has 1 saturated carbocycles. The molecule has 1 aliphatic carbocycles. The maximum Gasteiger partial charge on any atom is 0.251 e. The van der Waals surface area contributed by atoms with E-state index in [-0.39, 0.29) is 18.0 Å². The third-order valence-corrected chi connectivity index (χ3v) is 7.49. The first-order valence-corrected chi connectivity index (χ1v) is 12.8. The molecule has 1 aromatic heterocycles. The minimum absolute atomic E-state index is 0.0534. The summed E-state index contributed by atoms with van der Waals surface area (Å²) in [7, 11) is 0. The van der Waals surface area contributed by atoms with Crippen LogP contribution in [0, 0.1) is 17.6 Å². The summed E-state index contributed by atoms with van der Waals surface area (Å²) in [5.74, 6) is 0.203. The highest BCUT2D eigenvalue weighted by Gasteiger charge is 2.32. The number of hydrogen-bond donors (Lipinski definition) is 3. The van der Waals surface area contributed by atoms with Gasteiger partial charge >= 0.3 is 0 Å². The summed E-state index contributed by atoms with van der Waals surface area (Å²) in [6.45, 7) is 3.24. The Bertz CT molecular complexity index is 1200. The number of aromatic amines is 1. The summed E-state index contributed by atoms with van der Waals surface area (Å²) in [6.07, 6.45) is 8.62. The number of halogens is 2. The third kappa shape index (κ3) is 5.06. The zero-order valence-corrected chi connectivity index (χ0v) is 20.1. The standard InChI is InChI=1S/C28H33F2N3O2/c1-2-11-31-28(34)21-7-4-8-26-23(21)14-20(16-35-26)33-25(17-5-3-6-17)10-9-18-15-32-27-22(18)12-19(29)13-24(27)30/h4,7-8,12-13,15,17,20,25,32-33H,2-3,5-6,9-11,14,16H2,1H3,(H,31,34). The van der Waals surface area contributed by atoms with Crippen molar-refractivity contribution in [1.82, 2.24) is 15.6 Å². The van der Waals surface area contributed by atoms with Gasteiger partial charge in [0.25, 0.3) is 5.91 Å². The number of benzene rings is 2. The molecule has 2 aliphatic rings. The maximum atomic E-state index is 14.1. The Kier molecular flexibility index (Phi) is 7.04. The van der Waals surface area contributed by atoms with Crippen LogP contribution in [-0.4, -0.2) is 36.1 Å². The minimum atomic E-state index is -0.559. The number of aryl methyl sites for hydroxylation is 1. The number of amides is 1. The van der Waals surface area contributed by atoms with Crippen molar-refractivity contribution in [3.63, 3.8) is 0 Å². The molecule has 5 rings (SSSR count).